The monoisotopic (exact) mass is 544 g/mol. The molecule has 4 N–H and O–H groups in total. The minimum atomic E-state index is -1.58. The molecular weight excluding hydrogens is 524 g/mol. The van der Waals surface area contributed by atoms with Crippen LogP contribution in [0, 0.1) is 0 Å². The number of hydrogen-bond donors (Lipinski definition) is 4. The zero-order valence-corrected chi connectivity index (χ0v) is 21.1. The lowest BCUT2D eigenvalue weighted by Crippen LogP contribution is -2.57. The van der Waals surface area contributed by atoms with Gasteiger partial charge in [0.25, 0.3) is 11.8 Å². The van der Waals surface area contributed by atoms with Crippen molar-refractivity contribution in [1.82, 2.24) is 5.32 Å². The van der Waals surface area contributed by atoms with E-state index in [2.05, 4.69) is 5.32 Å². The molecule has 0 bridgehead atoms. The Morgan fingerprint density at radius 3 is 2.50 bits per heavy atom. The van der Waals surface area contributed by atoms with Crippen LogP contribution in [0.5, 0.6) is 0 Å². The number of nitrogens with one attached hydrogen (secondary N) is 1. The van der Waals surface area contributed by atoms with Gasteiger partial charge in [-0.25, -0.2) is 0 Å². The summed E-state index contributed by atoms with van der Waals surface area (Å²) in [6, 6.07) is 16.9. The molecule has 1 aliphatic rings. The topological polar surface area (TPSA) is 123 Å². The van der Waals surface area contributed by atoms with E-state index in [9.17, 15) is 24.9 Å². The zero-order chi connectivity index (χ0) is 25.9. The van der Waals surface area contributed by atoms with Crippen molar-refractivity contribution in [3.63, 3.8) is 0 Å². The Morgan fingerprint density at radius 2 is 1.81 bits per heavy atom. The molecule has 11 heteroatoms. The quantitative estimate of drug-likeness (QED) is 0.251. The second kappa shape index (κ2) is 11.0. The Morgan fingerprint density at radius 1 is 1.08 bits per heavy atom. The first kappa shape index (κ1) is 26.1. The summed E-state index contributed by atoms with van der Waals surface area (Å²) in [4.78, 5) is 27.5. The summed E-state index contributed by atoms with van der Waals surface area (Å²) in [6.45, 7) is -1.97. The molecule has 0 unspecified atom stereocenters. The standard InChI is InChI=1S/C25H21ClN2O6S2/c26-19-7-2-1-6-18(19)20-9-8-17(34-20)11-21-23(33)28(24(35)36-21)16-5-3-4-15(10-16)22(32)27-25(12-29,13-30)14-31/h1-11,29-31H,12-14H2,(H,27,32). The third kappa shape index (κ3) is 5.24. The number of thioether (sulfide) groups is 1. The van der Waals surface area contributed by atoms with Crippen molar-refractivity contribution in [2.75, 3.05) is 24.7 Å². The first-order valence-corrected chi connectivity index (χ1v) is 12.3. The predicted molar refractivity (Wildman–Crippen MR) is 143 cm³/mol. The fourth-order valence-corrected chi connectivity index (χ4v) is 4.93. The number of aliphatic hydroxyl groups is 3. The van der Waals surface area contributed by atoms with E-state index in [1.54, 1.807) is 36.4 Å². The molecule has 1 saturated heterocycles. The summed E-state index contributed by atoms with van der Waals surface area (Å²) in [5, 5.41) is 31.4. The van der Waals surface area contributed by atoms with Crippen LogP contribution in [0.25, 0.3) is 17.4 Å². The van der Waals surface area contributed by atoms with Gasteiger partial charge in [0.2, 0.25) is 0 Å². The van der Waals surface area contributed by atoms with Gasteiger partial charge in [0, 0.05) is 17.2 Å². The van der Waals surface area contributed by atoms with Gasteiger partial charge in [-0.3, -0.25) is 14.5 Å². The van der Waals surface area contributed by atoms with Crippen molar-refractivity contribution in [3.8, 4) is 11.3 Å². The summed E-state index contributed by atoms with van der Waals surface area (Å²) < 4.78 is 6.14. The van der Waals surface area contributed by atoms with Gasteiger partial charge in [-0.2, -0.15) is 0 Å². The first-order chi connectivity index (χ1) is 17.3. The molecule has 3 aromatic rings. The van der Waals surface area contributed by atoms with Crippen molar-refractivity contribution in [2.45, 2.75) is 5.54 Å². The second-order valence-corrected chi connectivity index (χ2v) is 10.0. The summed E-state index contributed by atoms with van der Waals surface area (Å²) in [7, 11) is 0. The molecule has 2 aromatic carbocycles. The molecule has 1 fully saturated rings. The van der Waals surface area contributed by atoms with Crippen LogP contribution >= 0.6 is 35.6 Å². The molecule has 2 heterocycles. The van der Waals surface area contributed by atoms with E-state index in [4.69, 9.17) is 28.2 Å². The fourth-order valence-electron chi connectivity index (χ4n) is 3.42. The largest absolute Gasteiger partial charge is 0.457 e. The van der Waals surface area contributed by atoms with Gasteiger partial charge in [0.1, 0.15) is 17.1 Å². The van der Waals surface area contributed by atoms with Crippen LogP contribution in [0.1, 0.15) is 16.1 Å². The molecule has 8 nitrogen and oxygen atoms in total. The van der Waals surface area contributed by atoms with Crippen molar-refractivity contribution in [3.05, 3.63) is 81.9 Å². The molecule has 186 valence electrons. The van der Waals surface area contributed by atoms with E-state index in [0.29, 0.717) is 27.1 Å². The average Bonchev–Trinajstić information content (AvgIpc) is 3.46. The molecule has 2 amide bonds. The minimum Gasteiger partial charge on any atom is -0.457 e. The number of rotatable bonds is 8. The molecule has 0 atom stereocenters. The Kier molecular flexibility index (Phi) is 7.94. The van der Waals surface area contributed by atoms with Crippen LogP contribution in [-0.4, -0.2) is 56.8 Å². The lowest BCUT2D eigenvalue weighted by atomic mass is 10.0. The zero-order valence-electron chi connectivity index (χ0n) is 18.7. The molecule has 1 aliphatic heterocycles. The minimum absolute atomic E-state index is 0.153. The van der Waals surface area contributed by atoms with Gasteiger partial charge >= 0.3 is 0 Å². The van der Waals surface area contributed by atoms with Gasteiger partial charge in [-0.15, -0.1) is 0 Å². The van der Waals surface area contributed by atoms with Crippen molar-refractivity contribution in [1.29, 1.82) is 0 Å². The number of benzene rings is 2. The first-order valence-electron chi connectivity index (χ1n) is 10.7. The van der Waals surface area contributed by atoms with Crippen LogP contribution in [0.3, 0.4) is 0 Å². The summed E-state index contributed by atoms with van der Waals surface area (Å²) in [6.07, 6.45) is 1.59. The number of anilines is 1. The van der Waals surface area contributed by atoms with E-state index < -0.39 is 31.3 Å². The average molecular weight is 545 g/mol. The van der Waals surface area contributed by atoms with E-state index >= 15 is 0 Å². The highest BCUT2D eigenvalue weighted by Gasteiger charge is 2.35. The Hall–Kier alpha value is -2.99. The summed E-state index contributed by atoms with van der Waals surface area (Å²) in [5.74, 6) is -0.0102. The van der Waals surface area contributed by atoms with Gasteiger partial charge in [-0.1, -0.05) is 53.8 Å². The molecule has 0 aliphatic carbocycles. The fraction of sp³-hybridized carbons (Fsp3) is 0.160. The van der Waals surface area contributed by atoms with E-state index in [0.717, 1.165) is 17.3 Å². The highest BCUT2D eigenvalue weighted by molar-refractivity contribution is 8.27. The summed E-state index contributed by atoms with van der Waals surface area (Å²) >= 11 is 12.8. The van der Waals surface area contributed by atoms with Gasteiger partial charge in [0.05, 0.1) is 35.4 Å². The lowest BCUT2D eigenvalue weighted by molar-refractivity contribution is -0.113. The smallest absolute Gasteiger partial charge is 0.270 e. The molecule has 1 aromatic heterocycles. The molecule has 4 rings (SSSR count). The predicted octanol–water partition coefficient (Wildman–Crippen LogP) is 3.45. The van der Waals surface area contributed by atoms with Gasteiger partial charge < -0.3 is 25.1 Å². The Balaban J connectivity index is 1.56. The molecular formula is C25H21ClN2O6S2. The van der Waals surface area contributed by atoms with Gasteiger partial charge in [0.15, 0.2) is 4.32 Å². The van der Waals surface area contributed by atoms with Crippen LogP contribution in [0.15, 0.2) is 70.0 Å². The SMILES string of the molecule is O=C(NC(CO)(CO)CO)c1cccc(N2C(=O)C(=Cc3ccc(-c4ccccc4Cl)o3)SC2=S)c1. The highest BCUT2D eigenvalue weighted by atomic mass is 35.5. The third-order valence-electron chi connectivity index (χ3n) is 5.49. The number of furan rings is 1. The molecule has 0 saturated carbocycles. The van der Waals surface area contributed by atoms with Crippen LogP contribution in [0.4, 0.5) is 5.69 Å². The van der Waals surface area contributed by atoms with Crippen LogP contribution < -0.4 is 10.2 Å². The van der Waals surface area contributed by atoms with E-state index in [1.165, 1.54) is 17.0 Å². The molecule has 36 heavy (non-hydrogen) atoms. The number of halogens is 1. The summed E-state index contributed by atoms with van der Waals surface area (Å²) in [5.41, 5.74) is -0.328. The Bertz CT molecular complexity index is 1340. The second-order valence-electron chi connectivity index (χ2n) is 7.96. The molecule has 0 spiro atoms. The maximum atomic E-state index is 13.2. The van der Waals surface area contributed by atoms with E-state index in [-0.39, 0.29) is 15.8 Å². The number of thiocarbonyl (C=S) groups is 1. The van der Waals surface area contributed by atoms with Crippen LogP contribution in [-0.2, 0) is 4.79 Å². The highest BCUT2D eigenvalue weighted by Crippen LogP contribution is 2.37. The lowest BCUT2D eigenvalue weighted by Gasteiger charge is -2.28. The van der Waals surface area contributed by atoms with Crippen molar-refractivity contribution in [2.24, 2.45) is 0 Å². The Labute approximate surface area is 221 Å². The number of carbonyl (C=O) groups excluding carboxylic acids is 2. The number of carbonyl (C=O) groups is 2. The van der Waals surface area contributed by atoms with Crippen molar-refractivity contribution < 1.29 is 29.3 Å². The van der Waals surface area contributed by atoms with Crippen molar-refractivity contribution >= 4 is 63.5 Å². The normalized spacial score (nSPS) is 15.1. The number of amides is 2. The van der Waals surface area contributed by atoms with Crippen LogP contribution in [0.2, 0.25) is 5.02 Å². The maximum Gasteiger partial charge on any atom is 0.270 e. The third-order valence-corrected chi connectivity index (χ3v) is 7.12. The number of nitrogens with zero attached hydrogens (tertiary/aromatic N) is 1. The maximum absolute atomic E-state index is 13.2. The number of hydrogen-bond acceptors (Lipinski definition) is 8. The van der Waals surface area contributed by atoms with E-state index in [1.807, 2.05) is 18.2 Å². The van der Waals surface area contributed by atoms with Gasteiger partial charge in [-0.05, 0) is 42.5 Å². The molecule has 0 radical (unpaired) electrons. The number of aliphatic hydroxyl groups excluding tert-OH is 3.